The van der Waals surface area contributed by atoms with E-state index in [2.05, 4.69) is 0 Å². The van der Waals surface area contributed by atoms with E-state index in [4.69, 9.17) is 23.8 Å². The Bertz CT molecular complexity index is 271. The van der Waals surface area contributed by atoms with Gasteiger partial charge in [-0.3, -0.25) is 0 Å². The van der Waals surface area contributed by atoms with Gasteiger partial charge in [-0.05, 0) is 37.1 Å². The summed E-state index contributed by atoms with van der Waals surface area (Å²) in [6.07, 6.45) is 0. The van der Waals surface area contributed by atoms with Crippen LogP contribution in [0.25, 0.3) is 0 Å². The summed E-state index contributed by atoms with van der Waals surface area (Å²) >= 11 is 10.9. The minimum absolute atomic E-state index is 0.754. The van der Waals surface area contributed by atoms with Crippen LogP contribution < -0.4 is 0 Å². The molecule has 58 valence electrons. The fourth-order valence-electron chi connectivity index (χ4n) is 0.940. The summed E-state index contributed by atoms with van der Waals surface area (Å²) in [6, 6.07) is 5.84. The lowest BCUT2D eigenvalue weighted by Crippen LogP contribution is -1.90. The van der Waals surface area contributed by atoms with Gasteiger partial charge in [0.2, 0.25) is 0 Å². The van der Waals surface area contributed by atoms with Crippen molar-refractivity contribution in [1.29, 1.82) is 0 Å². The second-order valence-electron chi connectivity index (χ2n) is 2.57. The molecule has 11 heavy (non-hydrogen) atoms. The predicted octanol–water partition coefficient (Wildman–Crippen LogP) is 3.39. The Labute approximate surface area is 77.2 Å². The van der Waals surface area contributed by atoms with Crippen LogP contribution in [0.3, 0.4) is 0 Å². The van der Waals surface area contributed by atoms with Gasteiger partial charge in [0, 0.05) is 9.89 Å². The number of benzene rings is 1. The van der Waals surface area contributed by atoms with Crippen LogP contribution in [0.1, 0.15) is 18.1 Å². The fourth-order valence-corrected chi connectivity index (χ4v) is 1.35. The molecule has 0 N–H and O–H groups in total. The van der Waals surface area contributed by atoms with E-state index in [-0.39, 0.29) is 0 Å². The van der Waals surface area contributed by atoms with Gasteiger partial charge in [0.05, 0.1) is 0 Å². The van der Waals surface area contributed by atoms with Crippen LogP contribution in [0.15, 0.2) is 18.2 Å². The quantitative estimate of drug-likeness (QED) is 0.476. The van der Waals surface area contributed by atoms with Crippen molar-refractivity contribution in [2.75, 3.05) is 0 Å². The molecule has 0 aromatic heterocycles. The van der Waals surface area contributed by atoms with E-state index in [9.17, 15) is 0 Å². The molecular formula is C9H9ClS. The van der Waals surface area contributed by atoms with Crippen molar-refractivity contribution in [3.8, 4) is 0 Å². The molecule has 0 fully saturated rings. The molecule has 1 aromatic rings. The van der Waals surface area contributed by atoms with Crippen LogP contribution in [-0.4, -0.2) is 4.86 Å². The number of hydrogen-bond acceptors (Lipinski definition) is 1. The highest BCUT2D eigenvalue weighted by molar-refractivity contribution is 7.80. The van der Waals surface area contributed by atoms with Crippen molar-refractivity contribution < 1.29 is 0 Å². The minimum Gasteiger partial charge on any atom is -0.0846 e. The molecule has 0 saturated carbocycles. The van der Waals surface area contributed by atoms with Crippen molar-refractivity contribution in [2.24, 2.45) is 0 Å². The second-order valence-corrected chi connectivity index (χ2v) is 3.62. The number of halogens is 1. The summed E-state index contributed by atoms with van der Waals surface area (Å²) in [5.41, 5.74) is 2.20. The van der Waals surface area contributed by atoms with Crippen molar-refractivity contribution in [2.45, 2.75) is 13.8 Å². The molecule has 0 aliphatic rings. The molecule has 0 saturated heterocycles. The third-order valence-corrected chi connectivity index (χ3v) is 1.90. The van der Waals surface area contributed by atoms with E-state index in [1.807, 2.05) is 32.0 Å². The summed E-state index contributed by atoms with van der Waals surface area (Å²) in [6.45, 7) is 3.91. The normalized spacial score (nSPS) is 9.73. The van der Waals surface area contributed by atoms with Gasteiger partial charge in [-0.15, -0.1) is 0 Å². The molecule has 0 aliphatic heterocycles. The zero-order valence-corrected chi connectivity index (χ0v) is 8.09. The van der Waals surface area contributed by atoms with Crippen molar-refractivity contribution in [3.63, 3.8) is 0 Å². The van der Waals surface area contributed by atoms with Crippen LogP contribution in [0.4, 0.5) is 0 Å². The molecule has 0 nitrogen and oxygen atoms in total. The lowest BCUT2D eigenvalue weighted by atomic mass is 10.1. The molecule has 0 heterocycles. The first-order chi connectivity index (χ1) is 5.09. The average molecular weight is 185 g/mol. The first-order valence-electron chi connectivity index (χ1n) is 3.38. The lowest BCUT2D eigenvalue weighted by molar-refractivity contribution is 1.46. The maximum absolute atomic E-state index is 5.83. The Hall–Kier alpha value is -0.400. The summed E-state index contributed by atoms with van der Waals surface area (Å²) in [4.78, 5) is 0.885. The monoisotopic (exact) mass is 184 g/mol. The van der Waals surface area contributed by atoms with Crippen molar-refractivity contribution in [3.05, 3.63) is 34.3 Å². The molecular weight excluding hydrogens is 176 g/mol. The Morgan fingerprint density at radius 2 is 2.00 bits per heavy atom. The van der Waals surface area contributed by atoms with E-state index in [1.165, 1.54) is 0 Å². The molecule has 0 unspecified atom stereocenters. The summed E-state index contributed by atoms with van der Waals surface area (Å²) < 4.78 is 0. The Morgan fingerprint density at radius 3 is 2.45 bits per heavy atom. The number of thiocarbonyl (C=S) groups is 1. The van der Waals surface area contributed by atoms with Crippen molar-refractivity contribution in [1.82, 2.24) is 0 Å². The first-order valence-corrected chi connectivity index (χ1v) is 4.16. The van der Waals surface area contributed by atoms with Gasteiger partial charge >= 0.3 is 0 Å². The smallest absolute Gasteiger partial charge is 0.0414 e. The van der Waals surface area contributed by atoms with Crippen LogP contribution >= 0.6 is 23.8 Å². The van der Waals surface area contributed by atoms with Gasteiger partial charge in [0.1, 0.15) is 0 Å². The highest BCUT2D eigenvalue weighted by Crippen LogP contribution is 2.14. The molecule has 0 aliphatic carbocycles. The van der Waals surface area contributed by atoms with Crippen LogP contribution in [-0.2, 0) is 0 Å². The fraction of sp³-hybridized carbons (Fsp3) is 0.222. The number of rotatable bonds is 1. The average Bonchev–Trinajstić information content (AvgIpc) is 1.85. The van der Waals surface area contributed by atoms with E-state index >= 15 is 0 Å². The van der Waals surface area contributed by atoms with Gasteiger partial charge in [0.15, 0.2) is 0 Å². The van der Waals surface area contributed by atoms with Crippen LogP contribution in [0, 0.1) is 6.92 Å². The maximum Gasteiger partial charge on any atom is 0.0414 e. The van der Waals surface area contributed by atoms with Gasteiger partial charge in [-0.25, -0.2) is 0 Å². The summed E-state index contributed by atoms with van der Waals surface area (Å²) in [5, 5.41) is 0.754. The number of aryl methyl sites for hydroxylation is 1. The third kappa shape index (κ3) is 2.28. The van der Waals surface area contributed by atoms with E-state index in [0.29, 0.717) is 0 Å². The zero-order valence-electron chi connectivity index (χ0n) is 6.52. The van der Waals surface area contributed by atoms with Crippen LogP contribution in [0.2, 0.25) is 5.02 Å². The van der Waals surface area contributed by atoms with E-state index in [0.717, 1.165) is 21.0 Å². The second kappa shape index (κ2) is 3.33. The SMILES string of the molecule is CC(=S)c1cc(C)cc(Cl)c1. The van der Waals surface area contributed by atoms with Gasteiger partial charge < -0.3 is 0 Å². The van der Waals surface area contributed by atoms with Crippen molar-refractivity contribution >= 4 is 28.7 Å². The van der Waals surface area contributed by atoms with Gasteiger partial charge in [0.25, 0.3) is 0 Å². The molecule has 0 bridgehead atoms. The standard InChI is InChI=1S/C9H9ClS/c1-6-3-8(7(2)11)5-9(10)4-6/h3-5H,1-2H3. The predicted molar refractivity (Wildman–Crippen MR) is 53.6 cm³/mol. The zero-order chi connectivity index (χ0) is 8.43. The molecule has 0 amide bonds. The molecule has 1 rings (SSSR count). The minimum atomic E-state index is 0.754. The maximum atomic E-state index is 5.83. The highest BCUT2D eigenvalue weighted by Gasteiger charge is 1.97. The molecule has 2 heteroatoms. The Balaban J connectivity index is 3.19. The Morgan fingerprint density at radius 1 is 1.36 bits per heavy atom. The summed E-state index contributed by atoms with van der Waals surface area (Å²) in [7, 11) is 0. The third-order valence-electron chi connectivity index (χ3n) is 1.45. The van der Waals surface area contributed by atoms with Gasteiger partial charge in [-0.2, -0.15) is 0 Å². The Kier molecular flexibility index (Phi) is 2.63. The lowest BCUT2D eigenvalue weighted by Gasteiger charge is -2.00. The molecule has 0 radical (unpaired) electrons. The topological polar surface area (TPSA) is 0 Å². The first kappa shape index (κ1) is 8.69. The molecule has 1 aromatic carbocycles. The van der Waals surface area contributed by atoms with Gasteiger partial charge in [-0.1, -0.05) is 29.9 Å². The van der Waals surface area contributed by atoms with E-state index in [1.54, 1.807) is 0 Å². The van der Waals surface area contributed by atoms with Crippen LogP contribution in [0.5, 0.6) is 0 Å². The highest BCUT2D eigenvalue weighted by atomic mass is 35.5. The van der Waals surface area contributed by atoms with E-state index < -0.39 is 0 Å². The molecule has 0 atom stereocenters. The number of hydrogen-bond donors (Lipinski definition) is 0. The molecule has 0 spiro atoms. The summed E-state index contributed by atoms with van der Waals surface area (Å²) in [5.74, 6) is 0. The largest absolute Gasteiger partial charge is 0.0846 e.